The van der Waals surface area contributed by atoms with Crippen molar-refractivity contribution in [2.45, 2.75) is 26.3 Å². The number of nitrogens with zero attached hydrogens (tertiary/aromatic N) is 4. The van der Waals surface area contributed by atoms with Gasteiger partial charge >= 0.3 is 5.97 Å². The minimum Gasteiger partial charge on any atom is -0.495 e. The van der Waals surface area contributed by atoms with E-state index in [0.29, 0.717) is 0 Å². The van der Waals surface area contributed by atoms with Gasteiger partial charge in [-0.05, 0) is 55.3 Å². The van der Waals surface area contributed by atoms with Crippen molar-refractivity contribution in [2.24, 2.45) is 4.99 Å². The van der Waals surface area contributed by atoms with Crippen molar-refractivity contribution >= 4 is 29.0 Å². The molecule has 1 unspecified atom stereocenters. The number of fused-ring (bicyclic) bond motifs is 1. The molecule has 1 atom stereocenters. The first-order valence-electron chi connectivity index (χ1n) is 12.7. The molecule has 0 amide bonds. The van der Waals surface area contributed by atoms with Crippen molar-refractivity contribution in [3.8, 4) is 5.75 Å². The van der Waals surface area contributed by atoms with Crippen LogP contribution in [0.3, 0.4) is 0 Å². The van der Waals surface area contributed by atoms with E-state index in [1.807, 2.05) is 36.4 Å². The number of hydrogen-bond donors (Lipinski definition) is 0. The van der Waals surface area contributed by atoms with E-state index in [4.69, 9.17) is 14.5 Å². The SMILES string of the molecule is COC(=O)CC1c2ccccc2N=C(N2CCN(c3cccc(C)c3)CC2)N1c1cc(C)ccc1OC. The minimum absolute atomic E-state index is 0.201. The number of para-hydroxylation sites is 1. The number of rotatable bonds is 5. The molecule has 3 aromatic rings. The van der Waals surface area contributed by atoms with E-state index in [1.54, 1.807) is 7.11 Å². The molecule has 1 fully saturated rings. The number of guanidine groups is 1. The van der Waals surface area contributed by atoms with Crippen LogP contribution in [0.1, 0.15) is 29.2 Å². The predicted octanol–water partition coefficient (Wildman–Crippen LogP) is 5.25. The molecule has 0 radical (unpaired) electrons. The number of esters is 1. The van der Waals surface area contributed by atoms with Crippen molar-refractivity contribution in [3.05, 3.63) is 83.4 Å². The van der Waals surface area contributed by atoms with Crippen LogP contribution >= 0.6 is 0 Å². The Morgan fingerprint density at radius 3 is 2.35 bits per heavy atom. The molecule has 7 heteroatoms. The first kappa shape index (κ1) is 24.7. The average Bonchev–Trinajstić information content (AvgIpc) is 2.93. The van der Waals surface area contributed by atoms with E-state index in [0.717, 1.165) is 60.4 Å². The smallest absolute Gasteiger partial charge is 0.307 e. The maximum absolute atomic E-state index is 12.7. The van der Waals surface area contributed by atoms with Gasteiger partial charge in [0.2, 0.25) is 5.96 Å². The summed E-state index contributed by atoms with van der Waals surface area (Å²) in [5.41, 5.74) is 6.39. The van der Waals surface area contributed by atoms with Gasteiger partial charge in [-0.2, -0.15) is 0 Å². The molecule has 5 rings (SSSR count). The van der Waals surface area contributed by atoms with E-state index in [9.17, 15) is 4.79 Å². The molecular formula is C30H34N4O3. The topological polar surface area (TPSA) is 57.6 Å². The van der Waals surface area contributed by atoms with Gasteiger partial charge in [-0.3, -0.25) is 4.79 Å². The molecule has 3 aromatic carbocycles. The zero-order valence-electron chi connectivity index (χ0n) is 22.0. The molecule has 1 saturated heterocycles. The molecule has 0 aromatic heterocycles. The quantitative estimate of drug-likeness (QED) is 0.448. The number of carbonyl (C=O) groups is 1. The van der Waals surface area contributed by atoms with Crippen LogP contribution in [-0.4, -0.2) is 57.2 Å². The Morgan fingerprint density at radius 2 is 1.62 bits per heavy atom. The van der Waals surface area contributed by atoms with Gasteiger partial charge in [0.25, 0.3) is 0 Å². The van der Waals surface area contributed by atoms with Gasteiger partial charge in [0.1, 0.15) is 5.75 Å². The molecule has 192 valence electrons. The van der Waals surface area contributed by atoms with E-state index >= 15 is 0 Å². The molecule has 37 heavy (non-hydrogen) atoms. The maximum atomic E-state index is 12.7. The third kappa shape index (κ3) is 4.99. The Bertz CT molecular complexity index is 1310. The summed E-state index contributed by atoms with van der Waals surface area (Å²) in [6.45, 7) is 7.57. The minimum atomic E-state index is -0.276. The second-order valence-corrected chi connectivity index (χ2v) is 9.63. The lowest BCUT2D eigenvalue weighted by Crippen LogP contribution is -2.55. The molecule has 2 aliphatic rings. The normalized spacial score (nSPS) is 17.2. The molecule has 0 N–H and O–H groups in total. The van der Waals surface area contributed by atoms with Crippen LogP contribution in [0.2, 0.25) is 0 Å². The molecule has 2 heterocycles. The van der Waals surface area contributed by atoms with Crippen LogP contribution in [0.4, 0.5) is 17.1 Å². The number of anilines is 2. The third-order valence-corrected chi connectivity index (χ3v) is 7.15. The molecule has 0 saturated carbocycles. The number of methoxy groups -OCH3 is 2. The summed E-state index contributed by atoms with van der Waals surface area (Å²) >= 11 is 0. The van der Waals surface area contributed by atoms with Crippen LogP contribution in [0.15, 0.2) is 71.7 Å². The molecule has 7 nitrogen and oxygen atoms in total. The third-order valence-electron chi connectivity index (χ3n) is 7.15. The summed E-state index contributed by atoms with van der Waals surface area (Å²) in [4.78, 5) is 24.8. The Morgan fingerprint density at radius 1 is 0.892 bits per heavy atom. The van der Waals surface area contributed by atoms with Gasteiger partial charge in [0, 0.05) is 37.4 Å². The molecule has 0 aliphatic carbocycles. The van der Waals surface area contributed by atoms with Crippen molar-refractivity contribution in [2.75, 3.05) is 50.2 Å². The maximum Gasteiger partial charge on any atom is 0.307 e. The summed E-state index contributed by atoms with van der Waals surface area (Å²) in [6.07, 6.45) is 0.201. The fourth-order valence-electron chi connectivity index (χ4n) is 5.23. The number of benzene rings is 3. The largest absolute Gasteiger partial charge is 0.495 e. The first-order chi connectivity index (χ1) is 18.0. The lowest BCUT2D eigenvalue weighted by molar-refractivity contribution is -0.141. The van der Waals surface area contributed by atoms with Crippen LogP contribution in [0.25, 0.3) is 0 Å². The molecule has 2 aliphatic heterocycles. The fraction of sp³-hybridized carbons (Fsp3) is 0.333. The summed E-state index contributed by atoms with van der Waals surface area (Å²) in [7, 11) is 3.12. The number of piperazine rings is 1. The lowest BCUT2D eigenvalue weighted by atomic mass is 9.97. The van der Waals surface area contributed by atoms with Gasteiger partial charge < -0.3 is 24.2 Å². The van der Waals surface area contributed by atoms with Crippen LogP contribution in [-0.2, 0) is 9.53 Å². The second kappa shape index (κ2) is 10.5. The highest BCUT2D eigenvalue weighted by atomic mass is 16.5. The number of carbonyl (C=O) groups excluding carboxylic acids is 1. The zero-order valence-corrected chi connectivity index (χ0v) is 22.0. The summed E-state index contributed by atoms with van der Waals surface area (Å²) < 4.78 is 10.9. The lowest BCUT2D eigenvalue weighted by Gasteiger charge is -2.45. The number of aliphatic imine (C=N–C) groups is 1. The number of aryl methyl sites for hydroxylation is 2. The standard InChI is InChI=1S/C30H34N4O3/c1-21-8-7-9-23(18-21)32-14-16-33(17-15-32)30-31-25-11-6-5-10-24(25)26(20-29(35)37-4)34(30)27-19-22(2)12-13-28(27)36-3/h5-13,18-19,26H,14-17,20H2,1-4H3. The van der Waals surface area contributed by atoms with Crippen LogP contribution < -0.4 is 14.5 Å². The highest BCUT2D eigenvalue weighted by Gasteiger charge is 2.37. The summed E-state index contributed by atoms with van der Waals surface area (Å²) in [6, 6.07) is 22.6. The average molecular weight is 499 g/mol. The molecule has 0 spiro atoms. The summed E-state index contributed by atoms with van der Waals surface area (Å²) in [5.74, 6) is 1.31. The Kier molecular flexibility index (Phi) is 7.04. The first-order valence-corrected chi connectivity index (χ1v) is 12.7. The van der Waals surface area contributed by atoms with E-state index in [-0.39, 0.29) is 18.4 Å². The Balaban J connectivity index is 1.56. The monoisotopic (exact) mass is 498 g/mol. The van der Waals surface area contributed by atoms with Crippen molar-refractivity contribution in [3.63, 3.8) is 0 Å². The van der Waals surface area contributed by atoms with E-state index in [2.05, 4.69) is 58.9 Å². The fourth-order valence-corrected chi connectivity index (χ4v) is 5.23. The predicted molar refractivity (Wildman–Crippen MR) is 148 cm³/mol. The number of hydrogen-bond acceptors (Lipinski definition) is 7. The van der Waals surface area contributed by atoms with Crippen LogP contribution in [0, 0.1) is 13.8 Å². The highest BCUT2D eigenvalue weighted by molar-refractivity contribution is 6.02. The van der Waals surface area contributed by atoms with Crippen molar-refractivity contribution in [1.82, 2.24) is 4.90 Å². The molecule has 0 bridgehead atoms. The van der Waals surface area contributed by atoms with Gasteiger partial charge in [-0.1, -0.05) is 36.4 Å². The van der Waals surface area contributed by atoms with Crippen molar-refractivity contribution in [1.29, 1.82) is 0 Å². The van der Waals surface area contributed by atoms with Gasteiger partial charge in [0.05, 0.1) is 38.1 Å². The zero-order chi connectivity index (χ0) is 25.9. The van der Waals surface area contributed by atoms with Crippen LogP contribution in [0.5, 0.6) is 5.75 Å². The Hall–Kier alpha value is -4.00. The number of ether oxygens (including phenoxy) is 2. The van der Waals surface area contributed by atoms with E-state index in [1.165, 1.54) is 18.4 Å². The highest BCUT2D eigenvalue weighted by Crippen LogP contribution is 2.44. The molecular weight excluding hydrogens is 464 g/mol. The van der Waals surface area contributed by atoms with Crippen molar-refractivity contribution < 1.29 is 14.3 Å². The van der Waals surface area contributed by atoms with Gasteiger partial charge in [-0.15, -0.1) is 0 Å². The summed E-state index contributed by atoms with van der Waals surface area (Å²) in [5, 5.41) is 0. The van der Waals surface area contributed by atoms with E-state index < -0.39 is 0 Å². The second-order valence-electron chi connectivity index (χ2n) is 9.63. The Labute approximate surface area is 218 Å². The van der Waals surface area contributed by atoms with Gasteiger partial charge in [-0.25, -0.2) is 4.99 Å². The van der Waals surface area contributed by atoms with Gasteiger partial charge in [0.15, 0.2) is 0 Å².